The number of aromatic nitrogens is 3. The lowest BCUT2D eigenvalue weighted by Gasteiger charge is -2.05. The lowest BCUT2D eigenvalue weighted by Crippen LogP contribution is -2.00. The maximum atomic E-state index is 13.4. The summed E-state index contributed by atoms with van der Waals surface area (Å²) < 4.78 is 15.1. The van der Waals surface area contributed by atoms with Gasteiger partial charge in [-0.05, 0) is 19.1 Å². The second-order valence-electron chi connectivity index (χ2n) is 3.02. The average Bonchev–Trinajstić information content (AvgIpc) is 2.69. The van der Waals surface area contributed by atoms with Gasteiger partial charge in [-0.25, -0.2) is 4.98 Å². The van der Waals surface area contributed by atoms with Crippen molar-refractivity contribution in [1.82, 2.24) is 14.8 Å². The molecule has 0 aliphatic carbocycles. The fraction of sp³-hybridized carbons (Fsp3) is 0.200. The van der Waals surface area contributed by atoms with E-state index in [1.807, 2.05) is 6.92 Å². The van der Waals surface area contributed by atoms with Gasteiger partial charge in [0.2, 0.25) is 5.95 Å². The summed E-state index contributed by atoms with van der Waals surface area (Å²) in [4.78, 5) is 3.57. The molecular weight excluding hydrogens is 217 g/mol. The van der Waals surface area contributed by atoms with Crippen molar-refractivity contribution in [3.63, 3.8) is 0 Å². The van der Waals surface area contributed by atoms with Crippen LogP contribution < -0.4 is 0 Å². The van der Waals surface area contributed by atoms with Crippen LogP contribution in [0.25, 0.3) is 11.3 Å². The summed E-state index contributed by atoms with van der Waals surface area (Å²) in [7, 11) is 0. The first-order valence-corrected chi connectivity index (χ1v) is 4.93. The lowest BCUT2D eigenvalue weighted by atomic mass is 10.2. The first-order valence-electron chi connectivity index (χ1n) is 4.55. The highest BCUT2D eigenvalue weighted by Gasteiger charge is 2.11. The minimum atomic E-state index is -0.533. The van der Waals surface area contributed by atoms with Gasteiger partial charge in [-0.2, -0.15) is 9.49 Å². The molecule has 2 aromatic rings. The third-order valence-corrected chi connectivity index (χ3v) is 2.30. The minimum absolute atomic E-state index is 0.377. The van der Waals surface area contributed by atoms with Crippen molar-refractivity contribution in [2.75, 3.05) is 0 Å². The smallest absolute Gasteiger partial charge is 0.222 e. The molecule has 2 aromatic heterocycles. The third kappa shape index (κ3) is 1.85. The van der Waals surface area contributed by atoms with Gasteiger partial charge >= 0.3 is 0 Å². The van der Waals surface area contributed by atoms with Crippen LogP contribution in [0.1, 0.15) is 6.92 Å². The van der Waals surface area contributed by atoms with E-state index < -0.39 is 5.95 Å². The monoisotopic (exact) mass is 225 g/mol. The SMILES string of the molecule is CCn1nccc1-c1cc(Cl)cnc1F. The van der Waals surface area contributed by atoms with E-state index in [4.69, 9.17) is 11.6 Å². The Morgan fingerprint density at radius 3 is 3.07 bits per heavy atom. The molecule has 0 N–H and O–H groups in total. The van der Waals surface area contributed by atoms with Crippen LogP contribution in [0, 0.1) is 5.95 Å². The van der Waals surface area contributed by atoms with E-state index in [-0.39, 0.29) is 0 Å². The number of halogens is 2. The topological polar surface area (TPSA) is 30.7 Å². The molecule has 0 unspecified atom stereocenters. The molecule has 0 amide bonds. The summed E-state index contributed by atoms with van der Waals surface area (Å²) in [6.45, 7) is 2.61. The van der Waals surface area contributed by atoms with Gasteiger partial charge in [-0.15, -0.1) is 0 Å². The molecule has 0 saturated heterocycles. The highest BCUT2D eigenvalue weighted by Crippen LogP contribution is 2.23. The molecular formula is C10H9ClFN3. The molecule has 3 nitrogen and oxygen atoms in total. The molecule has 0 aliphatic rings. The Morgan fingerprint density at radius 2 is 2.33 bits per heavy atom. The van der Waals surface area contributed by atoms with Crippen LogP contribution in [-0.2, 0) is 6.54 Å². The zero-order chi connectivity index (χ0) is 10.8. The van der Waals surface area contributed by atoms with E-state index in [9.17, 15) is 4.39 Å². The molecule has 0 fully saturated rings. The van der Waals surface area contributed by atoms with Crippen molar-refractivity contribution < 1.29 is 4.39 Å². The molecule has 0 bridgehead atoms. The first kappa shape index (κ1) is 10.1. The largest absolute Gasteiger partial charge is 0.265 e. The highest BCUT2D eigenvalue weighted by atomic mass is 35.5. The van der Waals surface area contributed by atoms with Crippen LogP contribution in [0.3, 0.4) is 0 Å². The summed E-state index contributed by atoms with van der Waals surface area (Å²) in [5.74, 6) is -0.533. The summed E-state index contributed by atoms with van der Waals surface area (Å²) in [5.41, 5.74) is 1.06. The van der Waals surface area contributed by atoms with Gasteiger partial charge in [0.25, 0.3) is 0 Å². The van der Waals surface area contributed by atoms with E-state index in [2.05, 4.69) is 10.1 Å². The van der Waals surface area contributed by atoms with Crippen LogP contribution in [0.15, 0.2) is 24.5 Å². The Bertz CT molecular complexity index is 481. The first-order chi connectivity index (χ1) is 7.22. The number of nitrogens with zero attached hydrogens (tertiary/aromatic N) is 3. The van der Waals surface area contributed by atoms with Gasteiger partial charge in [-0.1, -0.05) is 11.6 Å². The Morgan fingerprint density at radius 1 is 1.53 bits per heavy atom. The normalized spacial score (nSPS) is 10.6. The Balaban J connectivity index is 2.58. The Labute approximate surface area is 91.5 Å². The van der Waals surface area contributed by atoms with Crippen LogP contribution in [0.5, 0.6) is 0 Å². The average molecular weight is 226 g/mol. The summed E-state index contributed by atoms with van der Waals surface area (Å²) >= 11 is 5.77. The van der Waals surface area contributed by atoms with Crippen molar-refractivity contribution in [1.29, 1.82) is 0 Å². The van der Waals surface area contributed by atoms with Crippen molar-refractivity contribution in [2.45, 2.75) is 13.5 Å². The van der Waals surface area contributed by atoms with Crippen LogP contribution in [-0.4, -0.2) is 14.8 Å². The van der Waals surface area contributed by atoms with Gasteiger partial charge in [0, 0.05) is 18.9 Å². The fourth-order valence-electron chi connectivity index (χ4n) is 1.42. The highest BCUT2D eigenvalue weighted by molar-refractivity contribution is 6.30. The van der Waals surface area contributed by atoms with E-state index >= 15 is 0 Å². The maximum absolute atomic E-state index is 13.4. The van der Waals surface area contributed by atoms with Gasteiger partial charge in [-0.3, -0.25) is 4.68 Å². The standard InChI is InChI=1S/C10H9ClFN3/c1-2-15-9(3-4-14-15)8-5-7(11)6-13-10(8)12/h3-6H,2H2,1H3. The zero-order valence-corrected chi connectivity index (χ0v) is 8.87. The molecule has 2 heterocycles. The molecule has 0 saturated carbocycles. The molecule has 5 heteroatoms. The predicted octanol–water partition coefficient (Wildman–Crippen LogP) is 2.76. The molecule has 0 atom stereocenters. The number of hydrogen-bond donors (Lipinski definition) is 0. The minimum Gasteiger partial charge on any atom is -0.265 e. The van der Waals surface area contributed by atoms with Gasteiger partial charge < -0.3 is 0 Å². The number of pyridine rings is 1. The molecule has 0 radical (unpaired) electrons. The Kier molecular flexibility index (Phi) is 2.68. The summed E-state index contributed by atoms with van der Waals surface area (Å²) in [5, 5.41) is 4.47. The molecule has 2 rings (SSSR count). The van der Waals surface area contributed by atoms with Crippen molar-refractivity contribution in [2.24, 2.45) is 0 Å². The van der Waals surface area contributed by atoms with Gasteiger partial charge in [0.15, 0.2) is 0 Å². The molecule has 0 aliphatic heterocycles. The van der Waals surface area contributed by atoms with Gasteiger partial charge in [0.1, 0.15) is 0 Å². The predicted molar refractivity (Wildman–Crippen MR) is 56.1 cm³/mol. The number of hydrogen-bond acceptors (Lipinski definition) is 2. The van der Waals surface area contributed by atoms with E-state index in [0.29, 0.717) is 22.8 Å². The second-order valence-corrected chi connectivity index (χ2v) is 3.46. The van der Waals surface area contributed by atoms with E-state index in [1.165, 1.54) is 6.20 Å². The fourth-order valence-corrected chi connectivity index (χ4v) is 1.57. The maximum Gasteiger partial charge on any atom is 0.222 e. The summed E-state index contributed by atoms with van der Waals surface area (Å²) in [6.07, 6.45) is 2.91. The van der Waals surface area contributed by atoms with Gasteiger partial charge in [0.05, 0.1) is 16.3 Å². The number of aryl methyl sites for hydroxylation is 1. The van der Waals surface area contributed by atoms with Crippen LogP contribution >= 0.6 is 11.6 Å². The van der Waals surface area contributed by atoms with Crippen molar-refractivity contribution in [3.05, 3.63) is 35.5 Å². The third-order valence-electron chi connectivity index (χ3n) is 2.10. The van der Waals surface area contributed by atoms with Crippen molar-refractivity contribution in [3.8, 4) is 11.3 Å². The zero-order valence-electron chi connectivity index (χ0n) is 8.11. The lowest BCUT2D eigenvalue weighted by molar-refractivity contribution is 0.582. The molecule has 0 aromatic carbocycles. The second kappa shape index (κ2) is 3.98. The quantitative estimate of drug-likeness (QED) is 0.736. The Hall–Kier alpha value is -1.42. The van der Waals surface area contributed by atoms with E-state index in [0.717, 1.165) is 0 Å². The molecule has 15 heavy (non-hydrogen) atoms. The van der Waals surface area contributed by atoms with Crippen LogP contribution in [0.2, 0.25) is 5.02 Å². The van der Waals surface area contributed by atoms with Crippen molar-refractivity contribution >= 4 is 11.6 Å². The molecule has 78 valence electrons. The summed E-state index contributed by atoms with van der Waals surface area (Å²) in [6, 6.07) is 3.28. The molecule has 0 spiro atoms. The van der Waals surface area contributed by atoms with E-state index in [1.54, 1.807) is 23.0 Å². The van der Waals surface area contributed by atoms with Crippen LogP contribution in [0.4, 0.5) is 4.39 Å². The number of rotatable bonds is 2.